The third kappa shape index (κ3) is 2.93. The molecule has 1 aromatic rings. The van der Waals surface area contributed by atoms with E-state index in [9.17, 15) is 18.3 Å². The molecule has 0 aliphatic rings. The quantitative estimate of drug-likeness (QED) is 0.658. The third-order valence-electron chi connectivity index (χ3n) is 2.06. The lowest BCUT2D eigenvalue weighted by Gasteiger charge is -2.07. The average molecular weight is 249 g/mol. The predicted octanol–water partition coefficient (Wildman–Crippen LogP) is 2.98. The van der Waals surface area contributed by atoms with E-state index in [2.05, 4.69) is 4.95 Å². The van der Waals surface area contributed by atoms with Crippen molar-refractivity contribution in [3.63, 3.8) is 0 Å². The first-order valence-corrected chi connectivity index (χ1v) is 6.33. The van der Waals surface area contributed by atoms with E-state index in [1.807, 2.05) is 0 Å². The molecule has 1 rings (SSSR count). The van der Waals surface area contributed by atoms with Crippen molar-refractivity contribution in [2.75, 3.05) is 0 Å². The van der Waals surface area contributed by atoms with Crippen LogP contribution in [0.3, 0.4) is 0 Å². The minimum atomic E-state index is -4.18. The van der Waals surface area contributed by atoms with Gasteiger partial charge in [-0.3, -0.25) is 4.57 Å². The Bertz CT molecular complexity index is 464. The van der Waals surface area contributed by atoms with Gasteiger partial charge in [-0.25, -0.2) is 8.78 Å². The van der Waals surface area contributed by atoms with Crippen LogP contribution in [0.5, 0.6) is 0 Å². The van der Waals surface area contributed by atoms with Crippen molar-refractivity contribution >= 4 is 7.52 Å². The van der Waals surface area contributed by atoms with Crippen LogP contribution >= 0.6 is 7.52 Å². The maximum absolute atomic E-state index is 13.1. The second-order valence-corrected chi connectivity index (χ2v) is 5.12. The molecule has 4 nitrogen and oxygen atoms in total. The monoisotopic (exact) mass is 249 g/mol. The molecule has 1 N–H and O–H groups in total. The van der Waals surface area contributed by atoms with Crippen LogP contribution in [0.2, 0.25) is 0 Å². The molecular formula is C9H10F2NO3P. The van der Waals surface area contributed by atoms with E-state index in [4.69, 9.17) is 4.89 Å². The Hall–Kier alpha value is -1.13. The SMILES string of the molecule is CCc1cc(CP(=O)(O)N=O)cc(F)c1F. The molecule has 0 aromatic heterocycles. The topological polar surface area (TPSA) is 66.7 Å². The van der Waals surface area contributed by atoms with Gasteiger partial charge < -0.3 is 4.89 Å². The largest absolute Gasteiger partial charge is 0.354 e. The third-order valence-corrected chi connectivity index (χ3v) is 3.09. The molecule has 0 bridgehead atoms. The fraction of sp³-hybridized carbons (Fsp3) is 0.333. The smallest absolute Gasteiger partial charge is 0.326 e. The molecule has 1 aromatic carbocycles. The van der Waals surface area contributed by atoms with Crippen LogP contribution in [-0.2, 0) is 17.1 Å². The molecule has 0 radical (unpaired) electrons. The highest BCUT2D eigenvalue weighted by Crippen LogP contribution is 2.45. The van der Waals surface area contributed by atoms with Crippen molar-refractivity contribution in [3.8, 4) is 0 Å². The lowest BCUT2D eigenvalue weighted by molar-refractivity contribution is 0.477. The van der Waals surface area contributed by atoms with Crippen molar-refractivity contribution in [2.45, 2.75) is 19.5 Å². The van der Waals surface area contributed by atoms with Crippen LogP contribution < -0.4 is 0 Å². The van der Waals surface area contributed by atoms with Crippen molar-refractivity contribution in [1.82, 2.24) is 0 Å². The van der Waals surface area contributed by atoms with Crippen molar-refractivity contribution in [1.29, 1.82) is 0 Å². The van der Waals surface area contributed by atoms with Gasteiger partial charge in [-0.05, 0) is 23.6 Å². The maximum atomic E-state index is 13.1. The first-order valence-electron chi connectivity index (χ1n) is 4.53. The molecule has 0 aliphatic carbocycles. The molecule has 0 fully saturated rings. The number of halogens is 2. The van der Waals surface area contributed by atoms with Gasteiger partial charge in [0.25, 0.3) is 0 Å². The van der Waals surface area contributed by atoms with Crippen LogP contribution in [0.1, 0.15) is 18.1 Å². The zero-order valence-corrected chi connectivity index (χ0v) is 9.38. The van der Waals surface area contributed by atoms with E-state index >= 15 is 0 Å². The van der Waals surface area contributed by atoms with Gasteiger partial charge >= 0.3 is 7.52 Å². The number of hydrogen-bond acceptors (Lipinski definition) is 2. The molecule has 0 heterocycles. The Kier molecular flexibility index (Phi) is 3.88. The summed E-state index contributed by atoms with van der Waals surface area (Å²) in [6.45, 7) is 1.62. The van der Waals surface area contributed by atoms with Crippen LogP contribution in [0.25, 0.3) is 0 Å². The molecule has 0 amide bonds. The average Bonchev–Trinajstić information content (AvgIpc) is 2.22. The zero-order chi connectivity index (χ0) is 12.3. The van der Waals surface area contributed by atoms with Crippen LogP contribution in [-0.4, -0.2) is 4.89 Å². The maximum Gasteiger partial charge on any atom is 0.354 e. The summed E-state index contributed by atoms with van der Waals surface area (Å²) >= 11 is 0. The summed E-state index contributed by atoms with van der Waals surface area (Å²) in [4.78, 5) is 21.0. The Morgan fingerprint density at radius 1 is 1.44 bits per heavy atom. The number of hydrogen-bond donors (Lipinski definition) is 1. The second-order valence-electron chi connectivity index (χ2n) is 3.31. The first kappa shape index (κ1) is 12.9. The molecule has 7 heteroatoms. The van der Waals surface area contributed by atoms with Gasteiger partial charge in [-0.2, -0.15) is 0 Å². The Balaban J connectivity index is 3.12. The Morgan fingerprint density at radius 3 is 2.56 bits per heavy atom. The lowest BCUT2D eigenvalue weighted by atomic mass is 10.1. The van der Waals surface area contributed by atoms with Crippen LogP contribution in [0.15, 0.2) is 17.1 Å². The summed E-state index contributed by atoms with van der Waals surface area (Å²) in [5.41, 5.74) is 0.182. The minimum absolute atomic E-state index is 0.0844. The van der Waals surface area contributed by atoms with Crippen LogP contribution in [0, 0.1) is 16.5 Å². The summed E-state index contributed by atoms with van der Waals surface area (Å²) in [6, 6.07) is 2.05. The summed E-state index contributed by atoms with van der Waals surface area (Å²) < 4.78 is 37.2. The van der Waals surface area contributed by atoms with Crippen molar-refractivity contribution in [2.24, 2.45) is 4.95 Å². The van der Waals surface area contributed by atoms with Gasteiger partial charge in [0.15, 0.2) is 11.6 Å². The van der Waals surface area contributed by atoms with E-state index < -0.39 is 25.3 Å². The molecule has 0 aliphatic heterocycles. The number of rotatable bonds is 4. The summed E-state index contributed by atoms with van der Waals surface area (Å²) in [6.07, 6.45) is -0.332. The van der Waals surface area contributed by atoms with E-state index in [0.717, 1.165) is 6.07 Å². The van der Waals surface area contributed by atoms with Crippen molar-refractivity contribution < 1.29 is 18.2 Å². The number of nitroso groups, excluding NO2 is 1. The first-order chi connectivity index (χ1) is 7.39. The standard InChI is InChI=1S/C9H10F2NO3P/c1-2-7-3-6(4-8(10)9(7)11)5-16(14,15)12-13/h3-4H,2,5H2,1H3,(H,14,15). The normalized spacial score (nSPS) is 14.5. The predicted molar refractivity (Wildman–Crippen MR) is 55.1 cm³/mol. The van der Waals surface area contributed by atoms with Crippen molar-refractivity contribution in [3.05, 3.63) is 39.8 Å². The van der Waals surface area contributed by atoms with Crippen LogP contribution in [0.4, 0.5) is 8.78 Å². The highest BCUT2D eigenvalue weighted by molar-refractivity contribution is 7.55. The van der Waals surface area contributed by atoms with Gasteiger partial charge in [0.1, 0.15) is 0 Å². The minimum Gasteiger partial charge on any atom is -0.326 e. The number of aryl methyl sites for hydroxylation is 1. The van der Waals surface area contributed by atoms with Gasteiger partial charge in [-0.15, -0.1) is 4.91 Å². The lowest BCUT2D eigenvalue weighted by Crippen LogP contribution is -1.97. The highest BCUT2D eigenvalue weighted by Gasteiger charge is 2.21. The summed E-state index contributed by atoms with van der Waals surface area (Å²) in [5, 5.41) is 0. The highest BCUT2D eigenvalue weighted by atomic mass is 31.2. The van der Waals surface area contributed by atoms with Gasteiger partial charge in [0.2, 0.25) is 0 Å². The molecule has 0 saturated heterocycles. The van der Waals surface area contributed by atoms with E-state index in [0.29, 0.717) is 0 Å². The molecule has 1 unspecified atom stereocenters. The fourth-order valence-corrected chi connectivity index (χ4v) is 2.04. The Morgan fingerprint density at radius 2 is 2.06 bits per heavy atom. The molecule has 88 valence electrons. The van der Waals surface area contributed by atoms with E-state index in [-0.39, 0.29) is 17.5 Å². The number of nitrogens with zero attached hydrogens (tertiary/aromatic N) is 1. The summed E-state index contributed by atoms with van der Waals surface area (Å²) in [7, 11) is -4.18. The summed E-state index contributed by atoms with van der Waals surface area (Å²) in [5.74, 6) is -2.07. The zero-order valence-electron chi connectivity index (χ0n) is 8.48. The second kappa shape index (κ2) is 4.80. The molecule has 1 atom stereocenters. The van der Waals surface area contributed by atoms with Gasteiger partial charge in [-0.1, -0.05) is 13.0 Å². The van der Waals surface area contributed by atoms with E-state index in [1.165, 1.54) is 6.07 Å². The molecule has 16 heavy (non-hydrogen) atoms. The van der Waals surface area contributed by atoms with Gasteiger partial charge in [0, 0.05) is 4.95 Å². The Labute approximate surface area is 90.8 Å². The molecule has 0 spiro atoms. The van der Waals surface area contributed by atoms with E-state index in [1.54, 1.807) is 6.92 Å². The molecular weight excluding hydrogens is 239 g/mol. The van der Waals surface area contributed by atoms with Gasteiger partial charge in [0.05, 0.1) is 6.16 Å². The molecule has 0 saturated carbocycles. The number of benzene rings is 1. The fourth-order valence-electron chi connectivity index (χ4n) is 1.32.